The van der Waals surface area contributed by atoms with Gasteiger partial charge < -0.3 is 0 Å². The van der Waals surface area contributed by atoms with Gasteiger partial charge in [0.2, 0.25) is 0 Å². The van der Waals surface area contributed by atoms with Gasteiger partial charge in [0.15, 0.2) is 23.3 Å². The smallest absolute Gasteiger partial charge is 0.197 e. The fourth-order valence-corrected chi connectivity index (χ4v) is 1.80. The number of halogens is 5. The van der Waals surface area contributed by atoms with Gasteiger partial charge in [-0.3, -0.25) is 4.39 Å². The largest absolute Gasteiger partial charge is 0.251 e. The van der Waals surface area contributed by atoms with Gasteiger partial charge in [0.1, 0.15) is 7.85 Å². The van der Waals surface area contributed by atoms with Crippen molar-refractivity contribution in [2.45, 2.75) is 25.6 Å². The lowest BCUT2D eigenvalue weighted by Gasteiger charge is -2.28. The fraction of sp³-hybridized carbons (Fsp3) is 0.455. The maximum absolute atomic E-state index is 13.6. The maximum Gasteiger partial charge on any atom is 0.197 e. The van der Waals surface area contributed by atoms with Gasteiger partial charge in [-0.05, 0) is 23.4 Å². The molecule has 1 aromatic rings. The molecular formula is C11H12BF5. The highest BCUT2D eigenvalue weighted by Gasteiger charge is 2.34. The molecule has 0 aliphatic heterocycles. The molecule has 0 saturated heterocycles. The first-order valence-electron chi connectivity index (χ1n) is 5.19. The molecule has 0 bridgehead atoms. The van der Waals surface area contributed by atoms with E-state index < -0.39 is 40.8 Å². The van der Waals surface area contributed by atoms with E-state index >= 15 is 0 Å². The monoisotopic (exact) mass is 250 g/mol. The van der Waals surface area contributed by atoms with Crippen molar-refractivity contribution in [1.82, 2.24) is 0 Å². The van der Waals surface area contributed by atoms with Crippen LogP contribution in [0.5, 0.6) is 0 Å². The highest BCUT2D eigenvalue weighted by Crippen LogP contribution is 2.34. The number of alkyl halides is 1. The third-order valence-corrected chi connectivity index (χ3v) is 3.18. The quantitative estimate of drug-likeness (QED) is 0.335. The van der Waals surface area contributed by atoms with E-state index in [-0.39, 0.29) is 12.0 Å². The molecule has 0 spiro atoms. The molecule has 1 unspecified atom stereocenters. The zero-order valence-corrected chi connectivity index (χ0v) is 9.80. The molecule has 0 saturated carbocycles. The molecule has 0 heterocycles. The Kier molecular flexibility index (Phi) is 3.84. The van der Waals surface area contributed by atoms with Crippen LogP contribution >= 0.6 is 0 Å². The van der Waals surface area contributed by atoms with Crippen molar-refractivity contribution in [3.05, 3.63) is 34.4 Å². The number of rotatable bonds is 3. The van der Waals surface area contributed by atoms with Crippen molar-refractivity contribution in [2.75, 3.05) is 6.67 Å². The highest BCUT2D eigenvalue weighted by atomic mass is 19.2. The number of benzene rings is 1. The van der Waals surface area contributed by atoms with Gasteiger partial charge in [0.25, 0.3) is 0 Å². The average molecular weight is 250 g/mol. The van der Waals surface area contributed by atoms with Crippen LogP contribution in [-0.4, -0.2) is 14.5 Å². The van der Waals surface area contributed by atoms with Gasteiger partial charge >= 0.3 is 0 Å². The summed E-state index contributed by atoms with van der Waals surface area (Å²) in [4.78, 5) is 0. The molecule has 0 fully saturated rings. The Bertz CT molecular complexity index is 411. The minimum atomic E-state index is -1.89. The normalized spacial score (nSPS) is 14.8. The predicted molar refractivity (Wildman–Crippen MR) is 57.5 cm³/mol. The summed E-state index contributed by atoms with van der Waals surface area (Å²) in [6.07, 6.45) is 0.145. The molecule has 94 valence electrons. The van der Waals surface area contributed by atoms with Crippen LogP contribution in [0.2, 0.25) is 0 Å². The van der Waals surface area contributed by atoms with E-state index in [1.54, 1.807) is 6.92 Å². The summed E-state index contributed by atoms with van der Waals surface area (Å²) in [6.45, 7) is 1.70. The molecule has 1 atom stereocenters. The van der Waals surface area contributed by atoms with Crippen LogP contribution in [0.3, 0.4) is 0 Å². The second-order valence-corrected chi connectivity index (χ2v) is 4.30. The zero-order chi connectivity index (χ0) is 13.4. The fourth-order valence-electron chi connectivity index (χ4n) is 1.80. The van der Waals surface area contributed by atoms with Gasteiger partial charge in [-0.25, -0.2) is 17.6 Å². The first-order chi connectivity index (χ1) is 7.80. The van der Waals surface area contributed by atoms with Crippen molar-refractivity contribution in [3.8, 4) is 0 Å². The lowest BCUT2D eigenvalue weighted by molar-refractivity contribution is 0.351. The van der Waals surface area contributed by atoms with E-state index in [9.17, 15) is 22.0 Å². The van der Waals surface area contributed by atoms with Crippen molar-refractivity contribution >= 4 is 7.85 Å². The summed E-state index contributed by atoms with van der Waals surface area (Å²) in [7, 11) is 1.34. The van der Waals surface area contributed by atoms with Gasteiger partial charge in [0.05, 0.1) is 6.67 Å². The second kappa shape index (κ2) is 4.66. The minimum Gasteiger partial charge on any atom is -0.251 e. The molecule has 6 heteroatoms. The molecule has 17 heavy (non-hydrogen) atoms. The third kappa shape index (κ3) is 2.05. The van der Waals surface area contributed by atoms with Crippen LogP contribution in [0.25, 0.3) is 0 Å². The second-order valence-electron chi connectivity index (χ2n) is 4.30. The number of hydrogen-bond acceptors (Lipinski definition) is 0. The van der Waals surface area contributed by atoms with Gasteiger partial charge in [-0.2, -0.15) is 0 Å². The van der Waals surface area contributed by atoms with Crippen molar-refractivity contribution in [1.29, 1.82) is 0 Å². The van der Waals surface area contributed by atoms with E-state index in [4.69, 9.17) is 0 Å². The Labute approximate surface area is 97.2 Å². The molecule has 1 rings (SSSR count). The molecular weight excluding hydrogens is 238 g/mol. The van der Waals surface area contributed by atoms with Crippen LogP contribution in [0.4, 0.5) is 22.0 Å². The lowest BCUT2D eigenvalue weighted by Crippen LogP contribution is -2.32. The Morgan fingerprint density at radius 2 is 1.47 bits per heavy atom. The Morgan fingerprint density at radius 3 is 1.88 bits per heavy atom. The van der Waals surface area contributed by atoms with E-state index in [0.29, 0.717) is 0 Å². The molecule has 1 aromatic carbocycles. The highest BCUT2D eigenvalue weighted by molar-refractivity contribution is 6.16. The predicted octanol–water partition coefficient (Wildman–Crippen LogP) is 2.76. The summed E-state index contributed by atoms with van der Waals surface area (Å²) < 4.78 is 66.0. The summed E-state index contributed by atoms with van der Waals surface area (Å²) in [5.74, 6) is -6.73. The topological polar surface area (TPSA) is 0 Å². The Morgan fingerprint density at radius 1 is 1.00 bits per heavy atom. The summed E-state index contributed by atoms with van der Waals surface area (Å²) in [5.41, 5.74) is -0.817. The molecule has 0 aliphatic carbocycles. The first-order valence-corrected chi connectivity index (χ1v) is 5.19. The van der Waals surface area contributed by atoms with Crippen LogP contribution < -0.4 is 0 Å². The van der Waals surface area contributed by atoms with Crippen LogP contribution in [0.15, 0.2) is 0 Å². The van der Waals surface area contributed by atoms with Crippen molar-refractivity contribution < 1.29 is 22.0 Å². The SMILES string of the molecule is BC(CC)(CF)c1c(C)c(F)c(F)c(F)c1F. The van der Waals surface area contributed by atoms with Crippen LogP contribution in [0.1, 0.15) is 24.5 Å². The minimum absolute atomic E-state index is 0.145. The van der Waals surface area contributed by atoms with Crippen molar-refractivity contribution in [3.63, 3.8) is 0 Å². The van der Waals surface area contributed by atoms with Crippen molar-refractivity contribution in [2.24, 2.45) is 0 Å². The summed E-state index contributed by atoms with van der Waals surface area (Å²) in [5, 5.41) is -1.36. The molecule has 0 nitrogen and oxygen atoms in total. The maximum atomic E-state index is 13.6. The molecule has 0 radical (unpaired) electrons. The van der Waals surface area contributed by atoms with Gasteiger partial charge in [0, 0.05) is 0 Å². The molecule has 0 aromatic heterocycles. The lowest BCUT2D eigenvalue weighted by atomic mass is 9.62. The number of hydrogen-bond donors (Lipinski definition) is 0. The average Bonchev–Trinajstić information content (AvgIpc) is 2.33. The van der Waals surface area contributed by atoms with E-state index in [0.717, 1.165) is 6.92 Å². The van der Waals surface area contributed by atoms with E-state index in [1.807, 2.05) is 0 Å². The van der Waals surface area contributed by atoms with E-state index in [1.165, 1.54) is 7.85 Å². The van der Waals surface area contributed by atoms with E-state index in [2.05, 4.69) is 0 Å². The molecule has 0 amide bonds. The summed E-state index contributed by atoms with van der Waals surface area (Å²) >= 11 is 0. The molecule has 0 N–H and O–H groups in total. The first kappa shape index (κ1) is 14.0. The van der Waals surface area contributed by atoms with Crippen LogP contribution in [-0.2, 0) is 5.31 Å². The third-order valence-electron chi connectivity index (χ3n) is 3.18. The van der Waals surface area contributed by atoms with Crippen LogP contribution in [0, 0.1) is 30.2 Å². The standard InChI is InChI=1S/C11H12BF5/c1-3-11(12,4-13)6-5(2)7(14)9(16)10(17)8(6)15/h3-4,12H2,1-2H3. The molecule has 0 aliphatic rings. The zero-order valence-electron chi connectivity index (χ0n) is 9.80. The van der Waals surface area contributed by atoms with Gasteiger partial charge in [-0.1, -0.05) is 13.3 Å². The van der Waals surface area contributed by atoms with Gasteiger partial charge in [-0.15, -0.1) is 0 Å². The Balaban J connectivity index is 3.65. The Hall–Kier alpha value is -1.07. The summed E-state index contributed by atoms with van der Waals surface area (Å²) in [6, 6.07) is 0.